The van der Waals surface area contributed by atoms with Crippen LogP contribution in [-0.4, -0.2) is 25.0 Å². The molecule has 0 unspecified atom stereocenters. The van der Waals surface area contributed by atoms with Crippen molar-refractivity contribution in [3.63, 3.8) is 0 Å². The van der Waals surface area contributed by atoms with Gasteiger partial charge in [0.1, 0.15) is 23.9 Å². The Bertz CT molecular complexity index is 644. The smallest absolute Gasteiger partial charge is 0.185 e. The van der Waals surface area contributed by atoms with Gasteiger partial charge in [-0.25, -0.2) is 0 Å². The highest BCUT2D eigenvalue weighted by molar-refractivity contribution is 5.95. The summed E-state index contributed by atoms with van der Waals surface area (Å²) in [5.41, 5.74) is 6.69. The van der Waals surface area contributed by atoms with Crippen molar-refractivity contribution < 1.29 is 14.2 Å². The first-order valence-electron chi connectivity index (χ1n) is 6.28. The predicted octanol–water partition coefficient (Wildman–Crippen LogP) is 1.96. The summed E-state index contributed by atoms with van der Waals surface area (Å²) in [4.78, 5) is 4.23. The maximum Gasteiger partial charge on any atom is 0.185 e. The molecule has 0 aliphatic carbocycles. The highest BCUT2D eigenvalue weighted by Crippen LogP contribution is 2.29. The van der Waals surface area contributed by atoms with E-state index in [-0.39, 0.29) is 12.4 Å². The van der Waals surface area contributed by atoms with Crippen LogP contribution in [0.15, 0.2) is 36.5 Å². The topological polar surface area (TPSA) is 90.5 Å². The molecular formula is C15H17N3O3. The Hall–Kier alpha value is -2.76. The summed E-state index contributed by atoms with van der Waals surface area (Å²) in [6, 6.07) is 8.74. The number of nitrogens with one attached hydrogen (secondary N) is 1. The van der Waals surface area contributed by atoms with E-state index in [0.29, 0.717) is 28.5 Å². The Kier molecular flexibility index (Phi) is 4.61. The van der Waals surface area contributed by atoms with Crippen molar-refractivity contribution in [1.29, 1.82) is 5.41 Å². The largest absolute Gasteiger partial charge is 0.493 e. The van der Waals surface area contributed by atoms with Crippen LogP contribution < -0.4 is 19.9 Å². The molecule has 6 nitrogen and oxygen atoms in total. The fourth-order valence-corrected chi connectivity index (χ4v) is 1.86. The third kappa shape index (κ3) is 3.42. The standard InChI is InChI=1S/C15H17N3O3/c1-19-13-6-7-18-12(14(13)20-2)9-21-11-5-3-4-10(8-11)15(16)17/h3-8H,9H2,1-2H3,(H3,16,17). The lowest BCUT2D eigenvalue weighted by molar-refractivity contribution is 0.285. The molecule has 6 heteroatoms. The van der Waals surface area contributed by atoms with E-state index in [1.165, 1.54) is 0 Å². The number of benzene rings is 1. The summed E-state index contributed by atoms with van der Waals surface area (Å²) in [6.45, 7) is 0.224. The van der Waals surface area contributed by atoms with Gasteiger partial charge in [-0.3, -0.25) is 10.4 Å². The third-order valence-electron chi connectivity index (χ3n) is 2.89. The molecule has 0 aliphatic heterocycles. The number of methoxy groups -OCH3 is 2. The molecule has 0 fully saturated rings. The van der Waals surface area contributed by atoms with Gasteiger partial charge in [-0.2, -0.15) is 0 Å². The fourth-order valence-electron chi connectivity index (χ4n) is 1.86. The molecule has 1 aromatic carbocycles. The van der Waals surface area contributed by atoms with E-state index in [1.54, 1.807) is 50.7 Å². The molecule has 0 aliphatic rings. The molecule has 1 heterocycles. The lowest BCUT2D eigenvalue weighted by Crippen LogP contribution is -2.11. The van der Waals surface area contributed by atoms with Crippen molar-refractivity contribution in [2.24, 2.45) is 5.73 Å². The van der Waals surface area contributed by atoms with Crippen LogP contribution in [0.3, 0.4) is 0 Å². The van der Waals surface area contributed by atoms with Gasteiger partial charge >= 0.3 is 0 Å². The second-order valence-corrected chi connectivity index (χ2v) is 4.22. The summed E-state index contributed by atoms with van der Waals surface area (Å²) in [5.74, 6) is 1.75. The van der Waals surface area contributed by atoms with Crippen molar-refractivity contribution >= 4 is 5.84 Å². The third-order valence-corrected chi connectivity index (χ3v) is 2.89. The Balaban J connectivity index is 2.16. The van der Waals surface area contributed by atoms with E-state index >= 15 is 0 Å². The average Bonchev–Trinajstić information content (AvgIpc) is 2.52. The first kappa shape index (κ1) is 14.6. The maximum absolute atomic E-state index is 7.42. The Labute approximate surface area is 123 Å². The van der Waals surface area contributed by atoms with Crippen molar-refractivity contribution in [2.45, 2.75) is 6.61 Å². The number of nitrogens with two attached hydrogens (primary N) is 1. The summed E-state index contributed by atoms with van der Waals surface area (Å²) in [6.07, 6.45) is 1.63. The Morgan fingerprint density at radius 1 is 1.24 bits per heavy atom. The molecular weight excluding hydrogens is 270 g/mol. The van der Waals surface area contributed by atoms with E-state index in [2.05, 4.69) is 4.98 Å². The normalized spacial score (nSPS) is 10.0. The monoisotopic (exact) mass is 287 g/mol. The van der Waals surface area contributed by atoms with E-state index in [9.17, 15) is 0 Å². The van der Waals surface area contributed by atoms with E-state index in [0.717, 1.165) is 0 Å². The molecule has 21 heavy (non-hydrogen) atoms. The van der Waals surface area contributed by atoms with Gasteiger partial charge < -0.3 is 19.9 Å². The molecule has 2 rings (SSSR count). The predicted molar refractivity (Wildman–Crippen MR) is 79.1 cm³/mol. The summed E-state index contributed by atoms with van der Waals surface area (Å²) in [7, 11) is 3.12. The molecule has 0 bridgehead atoms. The van der Waals surface area contributed by atoms with Crippen molar-refractivity contribution in [1.82, 2.24) is 4.98 Å². The number of aromatic nitrogens is 1. The van der Waals surface area contributed by atoms with Crippen LogP contribution in [0.5, 0.6) is 17.2 Å². The minimum atomic E-state index is -0.00228. The molecule has 3 N–H and O–H groups in total. The molecule has 0 saturated carbocycles. The minimum absolute atomic E-state index is 0.00228. The molecule has 2 aromatic rings. The van der Waals surface area contributed by atoms with E-state index in [1.807, 2.05) is 0 Å². The first-order valence-corrected chi connectivity index (χ1v) is 6.28. The van der Waals surface area contributed by atoms with Crippen LogP contribution in [0, 0.1) is 5.41 Å². The molecule has 1 aromatic heterocycles. The molecule has 0 atom stereocenters. The molecule has 0 radical (unpaired) electrons. The number of nitrogens with zero attached hydrogens (tertiary/aromatic N) is 1. The van der Waals surface area contributed by atoms with Gasteiger partial charge in [-0.15, -0.1) is 0 Å². The van der Waals surface area contributed by atoms with Gasteiger partial charge in [0, 0.05) is 17.8 Å². The first-order chi connectivity index (χ1) is 10.2. The number of pyridine rings is 1. The number of amidine groups is 1. The highest BCUT2D eigenvalue weighted by atomic mass is 16.5. The zero-order valence-electron chi connectivity index (χ0n) is 11.9. The van der Waals surface area contributed by atoms with Gasteiger partial charge in [0.2, 0.25) is 0 Å². The van der Waals surface area contributed by atoms with Gasteiger partial charge in [0.15, 0.2) is 11.5 Å². The van der Waals surface area contributed by atoms with Crippen LogP contribution in [0.2, 0.25) is 0 Å². The van der Waals surface area contributed by atoms with Crippen LogP contribution in [0.4, 0.5) is 0 Å². The summed E-state index contributed by atoms with van der Waals surface area (Å²) in [5, 5.41) is 7.42. The van der Waals surface area contributed by atoms with Crippen LogP contribution in [0.1, 0.15) is 11.3 Å². The van der Waals surface area contributed by atoms with Crippen molar-refractivity contribution in [2.75, 3.05) is 14.2 Å². The van der Waals surface area contributed by atoms with Crippen molar-refractivity contribution in [3.05, 3.63) is 47.8 Å². The van der Waals surface area contributed by atoms with Crippen molar-refractivity contribution in [3.8, 4) is 17.2 Å². The fraction of sp³-hybridized carbons (Fsp3) is 0.200. The zero-order chi connectivity index (χ0) is 15.2. The molecule has 0 spiro atoms. The second kappa shape index (κ2) is 6.60. The zero-order valence-corrected chi connectivity index (χ0v) is 11.9. The number of hydrogen-bond donors (Lipinski definition) is 2. The Morgan fingerprint density at radius 2 is 2.05 bits per heavy atom. The lowest BCUT2D eigenvalue weighted by Gasteiger charge is -2.12. The number of ether oxygens (including phenoxy) is 3. The van der Waals surface area contributed by atoms with Gasteiger partial charge in [-0.1, -0.05) is 12.1 Å². The second-order valence-electron chi connectivity index (χ2n) is 4.22. The quantitative estimate of drug-likeness (QED) is 0.626. The molecule has 0 saturated heterocycles. The SMILES string of the molecule is COc1ccnc(COc2cccc(C(=N)N)c2)c1OC. The number of nitrogen functional groups attached to an aromatic ring is 1. The average molecular weight is 287 g/mol. The lowest BCUT2D eigenvalue weighted by atomic mass is 10.2. The summed E-state index contributed by atoms with van der Waals surface area (Å²) < 4.78 is 16.2. The Morgan fingerprint density at radius 3 is 2.71 bits per heavy atom. The molecule has 110 valence electrons. The van der Waals surface area contributed by atoms with Crippen LogP contribution >= 0.6 is 0 Å². The van der Waals surface area contributed by atoms with Gasteiger partial charge in [-0.05, 0) is 12.1 Å². The van der Waals surface area contributed by atoms with Crippen LogP contribution in [0.25, 0.3) is 0 Å². The molecule has 0 amide bonds. The van der Waals surface area contributed by atoms with E-state index in [4.69, 9.17) is 25.4 Å². The number of rotatable bonds is 6. The minimum Gasteiger partial charge on any atom is -0.493 e. The number of hydrogen-bond acceptors (Lipinski definition) is 5. The van der Waals surface area contributed by atoms with E-state index < -0.39 is 0 Å². The van der Waals surface area contributed by atoms with Gasteiger partial charge in [0.05, 0.1) is 14.2 Å². The highest BCUT2D eigenvalue weighted by Gasteiger charge is 2.11. The maximum atomic E-state index is 7.42. The van der Waals surface area contributed by atoms with Gasteiger partial charge in [0.25, 0.3) is 0 Å². The van der Waals surface area contributed by atoms with Crippen LogP contribution in [-0.2, 0) is 6.61 Å². The summed E-state index contributed by atoms with van der Waals surface area (Å²) >= 11 is 0.